The van der Waals surface area contributed by atoms with E-state index in [-0.39, 0.29) is 59.9 Å². The predicted octanol–water partition coefficient (Wildman–Crippen LogP) is 5.02. The monoisotopic (exact) mass is 599 g/mol. The number of nitrogens with zero attached hydrogens (tertiary/aromatic N) is 2. The van der Waals surface area contributed by atoms with Crippen molar-refractivity contribution in [3.05, 3.63) is 46.3 Å². The van der Waals surface area contributed by atoms with Gasteiger partial charge in [-0.3, -0.25) is 10.2 Å². The highest BCUT2D eigenvalue weighted by molar-refractivity contribution is 6.06. The normalized spacial score (nSPS) is 16.4. The smallest absolute Gasteiger partial charge is 0.329 e. The molecule has 0 saturated carbocycles. The maximum absolute atomic E-state index is 15.3. The molecule has 0 aliphatic carbocycles. The van der Waals surface area contributed by atoms with Crippen molar-refractivity contribution in [2.45, 2.75) is 65.0 Å². The van der Waals surface area contributed by atoms with Gasteiger partial charge in [0.25, 0.3) is 0 Å². The molecule has 2 aliphatic heterocycles. The third-order valence-corrected chi connectivity index (χ3v) is 7.81. The first-order valence-corrected chi connectivity index (χ1v) is 14.6. The molecule has 1 saturated heterocycles. The number of ketones is 1. The molecule has 10 nitrogen and oxygen atoms in total. The fourth-order valence-corrected chi connectivity index (χ4v) is 5.53. The second-order valence-corrected chi connectivity index (χ2v) is 12.0. The fraction of sp³-hybridized carbons (Fsp3) is 0.531. The van der Waals surface area contributed by atoms with Crippen LogP contribution in [0.1, 0.15) is 74.0 Å². The molecular weight excluding hydrogens is 557 g/mol. The van der Waals surface area contributed by atoms with Crippen molar-refractivity contribution in [3.63, 3.8) is 0 Å². The van der Waals surface area contributed by atoms with Crippen LogP contribution >= 0.6 is 0 Å². The highest BCUT2D eigenvalue weighted by Gasteiger charge is 2.35. The van der Waals surface area contributed by atoms with Gasteiger partial charge in [0.15, 0.2) is 23.1 Å². The average Bonchev–Trinajstić information content (AvgIpc) is 3.55. The third-order valence-electron chi connectivity index (χ3n) is 7.81. The van der Waals surface area contributed by atoms with Gasteiger partial charge in [-0.15, -0.1) is 0 Å². The summed E-state index contributed by atoms with van der Waals surface area (Å²) < 4.78 is 37.7. The van der Waals surface area contributed by atoms with E-state index in [0.717, 1.165) is 24.1 Å². The van der Waals surface area contributed by atoms with E-state index in [1.807, 2.05) is 12.1 Å². The lowest BCUT2D eigenvalue weighted by atomic mass is 9.84. The minimum atomic E-state index is -1.02. The number of amidine groups is 1. The topological polar surface area (TPSA) is 122 Å². The second kappa shape index (κ2) is 13.2. The predicted molar refractivity (Wildman–Crippen MR) is 161 cm³/mol. The van der Waals surface area contributed by atoms with E-state index in [2.05, 4.69) is 32.6 Å². The number of aliphatic carboxylic acids is 1. The number of nitrogens with one attached hydrogen (secondary N) is 1. The fourth-order valence-electron chi connectivity index (χ4n) is 5.53. The van der Waals surface area contributed by atoms with E-state index in [1.54, 1.807) is 11.0 Å². The quantitative estimate of drug-likeness (QED) is 0.241. The molecule has 2 aromatic carbocycles. The van der Waals surface area contributed by atoms with Crippen LogP contribution in [0.4, 0.5) is 10.1 Å². The van der Waals surface area contributed by atoms with Gasteiger partial charge in [-0.1, -0.05) is 34.1 Å². The Kier molecular flexibility index (Phi) is 9.84. The number of anilines is 1. The van der Waals surface area contributed by atoms with Crippen molar-refractivity contribution >= 4 is 23.3 Å². The SMILES string of the molecule is CCCCOc1c(N2CCC(OCC(=O)O)C2)cc(C(=O)CN2Cc3cc(OC)c(OC)c(F)c3C2=N)cc1C(C)(C)C. The summed E-state index contributed by atoms with van der Waals surface area (Å²) in [7, 11) is 2.76. The van der Waals surface area contributed by atoms with Crippen LogP contribution in [0.5, 0.6) is 17.2 Å². The van der Waals surface area contributed by atoms with Crippen molar-refractivity contribution in [2.75, 3.05) is 52.0 Å². The van der Waals surface area contributed by atoms with Crippen LogP contribution in [0.2, 0.25) is 0 Å². The Morgan fingerprint density at radius 1 is 1.14 bits per heavy atom. The van der Waals surface area contributed by atoms with Crippen LogP contribution in [-0.4, -0.2) is 80.8 Å². The second-order valence-electron chi connectivity index (χ2n) is 12.0. The number of carboxylic acid groups (broad SMARTS) is 1. The summed E-state index contributed by atoms with van der Waals surface area (Å²) in [5.41, 5.74) is 2.38. The van der Waals surface area contributed by atoms with Crippen molar-refractivity contribution in [1.82, 2.24) is 4.90 Å². The van der Waals surface area contributed by atoms with Crippen LogP contribution in [0.25, 0.3) is 0 Å². The van der Waals surface area contributed by atoms with Crippen molar-refractivity contribution < 1.29 is 38.0 Å². The van der Waals surface area contributed by atoms with Gasteiger partial charge in [0.05, 0.1) is 44.7 Å². The number of halogens is 1. The van der Waals surface area contributed by atoms with E-state index in [1.165, 1.54) is 14.2 Å². The molecule has 11 heteroatoms. The molecule has 2 aliphatic rings. The molecule has 0 amide bonds. The Morgan fingerprint density at radius 2 is 1.88 bits per heavy atom. The average molecular weight is 600 g/mol. The van der Waals surface area contributed by atoms with Crippen LogP contribution in [0.3, 0.4) is 0 Å². The van der Waals surface area contributed by atoms with Gasteiger partial charge in [-0.2, -0.15) is 0 Å². The van der Waals surface area contributed by atoms with Crippen molar-refractivity contribution in [1.29, 1.82) is 5.41 Å². The summed E-state index contributed by atoms with van der Waals surface area (Å²) in [5, 5.41) is 17.7. The van der Waals surface area contributed by atoms with E-state index in [0.29, 0.717) is 43.0 Å². The summed E-state index contributed by atoms with van der Waals surface area (Å²) in [6, 6.07) is 5.32. The number of benzene rings is 2. The Morgan fingerprint density at radius 3 is 2.51 bits per heavy atom. The number of Topliss-reactive ketones (excluding diaryl/α,β-unsaturated/α-hetero) is 1. The van der Waals surface area contributed by atoms with Gasteiger partial charge in [-0.25, -0.2) is 9.18 Å². The number of hydrogen-bond acceptors (Lipinski definition) is 8. The maximum Gasteiger partial charge on any atom is 0.329 e. The summed E-state index contributed by atoms with van der Waals surface area (Å²) in [6.45, 7) is 9.57. The molecule has 0 radical (unpaired) electrons. The van der Waals surface area contributed by atoms with Gasteiger partial charge in [0.1, 0.15) is 18.2 Å². The molecule has 2 aromatic rings. The number of fused-ring (bicyclic) bond motifs is 1. The highest BCUT2D eigenvalue weighted by atomic mass is 19.1. The lowest BCUT2D eigenvalue weighted by Gasteiger charge is -2.30. The third kappa shape index (κ3) is 6.87. The zero-order chi connectivity index (χ0) is 31.5. The van der Waals surface area contributed by atoms with E-state index < -0.39 is 11.8 Å². The number of unbranched alkanes of at least 4 members (excludes halogenated alkanes) is 1. The first-order chi connectivity index (χ1) is 20.4. The Labute approximate surface area is 252 Å². The van der Waals surface area contributed by atoms with E-state index in [4.69, 9.17) is 29.5 Å². The number of carboxylic acids is 1. The molecule has 0 spiro atoms. The van der Waals surface area contributed by atoms with Gasteiger partial charge >= 0.3 is 5.97 Å². The maximum atomic E-state index is 15.3. The zero-order valence-electron chi connectivity index (χ0n) is 25.8. The minimum Gasteiger partial charge on any atom is -0.493 e. The molecular formula is C32H42FN3O7. The Bertz CT molecular complexity index is 1390. The molecule has 1 fully saturated rings. The lowest BCUT2D eigenvalue weighted by molar-refractivity contribution is -0.143. The van der Waals surface area contributed by atoms with Gasteiger partial charge in [-0.05, 0) is 42.0 Å². The summed E-state index contributed by atoms with van der Waals surface area (Å²) in [4.78, 5) is 28.5. The van der Waals surface area contributed by atoms with Crippen molar-refractivity contribution in [2.24, 2.45) is 0 Å². The van der Waals surface area contributed by atoms with Gasteiger partial charge < -0.3 is 33.9 Å². The molecule has 234 valence electrons. The number of rotatable bonds is 13. The molecule has 1 unspecified atom stereocenters. The lowest BCUT2D eigenvalue weighted by Crippen LogP contribution is -2.31. The number of hydrogen-bond donors (Lipinski definition) is 2. The van der Waals surface area contributed by atoms with Gasteiger partial charge in [0, 0.05) is 30.8 Å². The van der Waals surface area contributed by atoms with E-state index >= 15 is 4.39 Å². The molecule has 2 heterocycles. The summed E-state index contributed by atoms with van der Waals surface area (Å²) >= 11 is 0. The molecule has 0 bridgehead atoms. The summed E-state index contributed by atoms with van der Waals surface area (Å²) in [5.74, 6) is -1.15. The largest absolute Gasteiger partial charge is 0.493 e. The standard InChI is InChI=1S/C32H42FN3O7/c1-7-8-11-42-29-22(32(2,3)4)12-19(13-23(29)35-10-9-21(16-35)43-18-26(38)39)24(37)17-36-15-20-14-25(40-5)30(41-6)28(33)27(20)31(36)34/h12-14,21,34H,7-11,15-18H2,1-6H3,(H,38,39). The summed E-state index contributed by atoms with van der Waals surface area (Å²) in [6.07, 6.45) is 2.22. The molecule has 43 heavy (non-hydrogen) atoms. The molecule has 1 atom stereocenters. The number of methoxy groups -OCH3 is 2. The van der Waals surface area contributed by atoms with Crippen LogP contribution in [0, 0.1) is 11.2 Å². The number of carbonyl (C=O) groups excluding carboxylic acids is 1. The van der Waals surface area contributed by atoms with Gasteiger partial charge in [0.2, 0.25) is 0 Å². The Balaban J connectivity index is 1.67. The molecule has 0 aromatic heterocycles. The number of carbonyl (C=O) groups is 2. The zero-order valence-corrected chi connectivity index (χ0v) is 25.8. The van der Waals surface area contributed by atoms with Crippen LogP contribution in [0.15, 0.2) is 18.2 Å². The minimum absolute atomic E-state index is 0.0754. The first-order valence-electron chi connectivity index (χ1n) is 14.6. The molecule has 2 N–H and O–H groups in total. The van der Waals surface area contributed by atoms with E-state index in [9.17, 15) is 9.59 Å². The van der Waals surface area contributed by atoms with Crippen LogP contribution in [-0.2, 0) is 21.5 Å². The first kappa shape index (κ1) is 32.1. The highest BCUT2D eigenvalue weighted by Crippen LogP contribution is 2.42. The van der Waals surface area contributed by atoms with Crippen molar-refractivity contribution in [3.8, 4) is 17.2 Å². The molecule has 4 rings (SSSR count). The Hall–Kier alpha value is -3.86. The van der Waals surface area contributed by atoms with Crippen LogP contribution < -0.4 is 19.1 Å². The number of ether oxygens (including phenoxy) is 4.